The fourth-order valence-corrected chi connectivity index (χ4v) is 2.66. The summed E-state index contributed by atoms with van der Waals surface area (Å²) in [6.45, 7) is 7.61. The molecular weight excluding hydrogens is 356 g/mol. The summed E-state index contributed by atoms with van der Waals surface area (Å²) in [6, 6.07) is 14.2. The molecule has 2 aromatic rings. The van der Waals surface area contributed by atoms with E-state index in [1.54, 1.807) is 35.2 Å². The van der Waals surface area contributed by atoms with Crippen LogP contribution in [0.1, 0.15) is 37.6 Å². The second-order valence-electron chi connectivity index (χ2n) is 6.19. The molecule has 2 aromatic carbocycles. The number of amides is 2. The van der Waals surface area contributed by atoms with Crippen LogP contribution in [0.5, 0.6) is 11.5 Å². The fourth-order valence-electron chi connectivity index (χ4n) is 2.66. The van der Waals surface area contributed by atoms with E-state index in [4.69, 9.17) is 9.47 Å². The van der Waals surface area contributed by atoms with Crippen LogP contribution in [0.15, 0.2) is 48.5 Å². The van der Waals surface area contributed by atoms with E-state index in [-0.39, 0.29) is 18.4 Å². The summed E-state index contributed by atoms with van der Waals surface area (Å²) in [5.41, 5.74) is 1.10. The molecule has 0 bridgehead atoms. The highest BCUT2D eigenvalue weighted by atomic mass is 16.5. The number of benzene rings is 2. The van der Waals surface area contributed by atoms with Crippen molar-refractivity contribution >= 4 is 17.5 Å². The molecule has 1 N–H and O–H groups in total. The van der Waals surface area contributed by atoms with Gasteiger partial charge in [-0.1, -0.05) is 25.1 Å². The van der Waals surface area contributed by atoms with E-state index in [1.807, 2.05) is 39.0 Å². The van der Waals surface area contributed by atoms with Gasteiger partial charge in [-0.15, -0.1) is 0 Å². The highest BCUT2D eigenvalue weighted by Crippen LogP contribution is 2.26. The lowest BCUT2D eigenvalue weighted by Gasteiger charge is -2.19. The van der Waals surface area contributed by atoms with Gasteiger partial charge >= 0.3 is 0 Å². The quantitative estimate of drug-likeness (QED) is 0.673. The fraction of sp³-hybridized carbons (Fsp3) is 0.364. The first-order chi connectivity index (χ1) is 13.6. The number of hydrogen-bond acceptors (Lipinski definition) is 4. The molecule has 0 aliphatic rings. The Balaban J connectivity index is 1.97. The van der Waals surface area contributed by atoms with Crippen molar-refractivity contribution in [3.63, 3.8) is 0 Å². The lowest BCUT2D eigenvalue weighted by molar-refractivity contribution is -0.118. The molecule has 6 heteroatoms. The molecule has 2 rings (SSSR count). The van der Waals surface area contributed by atoms with Crippen molar-refractivity contribution in [1.82, 2.24) is 4.90 Å². The average Bonchev–Trinajstić information content (AvgIpc) is 2.72. The number of rotatable bonds is 10. The zero-order valence-corrected chi connectivity index (χ0v) is 16.7. The minimum Gasteiger partial charge on any atom is -0.490 e. The maximum Gasteiger partial charge on any atom is 0.262 e. The van der Waals surface area contributed by atoms with E-state index in [1.165, 1.54) is 0 Å². The Labute approximate surface area is 166 Å². The van der Waals surface area contributed by atoms with Crippen molar-refractivity contribution in [1.29, 1.82) is 0 Å². The van der Waals surface area contributed by atoms with Gasteiger partial charge in [0.05, 0.1) is 6.61 Å². The average molecular weight is 384 g/mol. The third-order valence-corrected chi connectivity index (χ3v) is 4.11. The number of hydrogen-bond donors (Lipinski definition) is 1. The van der Waals surface area contributed by atoms with Crippen LogP contribution in [0.25, 0.3) is 0 Å². The van der Waals surface area contributed by atoms with Gasteiger partial charge < -0.3 is 19.7 Å². The number of para-hydroxylation sites is 2. The van der Waals surface area contributed by atoms with Crippen molar-refractivity contribution in [3.8, 4) is 11.5 Å². The van der Waals surface area contributed by atoms with E-state index in [0.717, 1.165) is 6.42 Å². The van der Waals surface area contributed by atoms with Gasteiger partial charge in [-0.3, -0.25) is 9.59 Å². The van der Waals surface area contributed by atoms with Gasteiger partial charge in [0.1, 0.15) is 0 Å². The van der Waals surface area contributed by atoms with Crippen LogP contribution in [-0.2, 0) is 4.79 Å². The minimum atomic E-state index is -0.308. The molecule has 6 nitrogen and oxygen atoms in total. The summed E-state index contributed by atoms with van der Waals surface area (Å²) in [4.78, 5) is 26.5. The SMILES string of the molecule is CCCOc1ccccc1OCC(=O)Nc1cccc(C(=O)N(CC)CC)c1. The molecule has 0 spiro atoms. The number of carbonyl (C=O) groups excluding carboxylic acids is 2. The molecule has 150 valence electrons. The molecule has 0 radical (unpaired) electrons. The van der Waals surface area contributed by atoms with Crippen molar-refractivity contribution in [2.24, 2.45) is 0 Å². The van der Waals surface area contributed by atoms with Gasteiger partial charge in [-0.25, -0.2) is 0 Å². The molecule has 2 amide bonds. The molecule has 0 heterocycles. The summed E-state index contributed by atoms with van der Waals surface area (Å²) < 4.78 is 11.2. The molecule has 0 saturated carbocycles. The van der Waals surface area contributed by atoms with Crippen LogP contribution in [0.3, 0.4) is 0 Å². The van der Waals surface area contributed by atoms with Gasteiger partial charge in [0.25, 0.3) is 11.8 Å². The first-order valence-corrected chi connectivity index (χ1v) is 9.62. The van der Waals surface area contributed by atoms with Gasteiger partial charge in [-0.05, 0) is 50.6 Å². The number of nitrogens with zero attached hydrogens (tertiary/aromatic N) is 1. The van der Waals surface area contributed by atoms with Gasteiger partial charge in [0.2, 0.25) is 0 Å². The first-order valence-electron chi connectivity index (χ1n) is 9.62. The van der Waals surface area contributed by atoms with E-state index in [9.17, 15) is 9.59 Å². The minimum absolute atomic E-state index is 0.0562. The topological polar surface area (TPSA) is 67.9 Å². The maximum atomic E-state index is 12.5. The third kappa shape index (κ3) is 6.01. The lowest BCUT2D eigenvalue weighted by atomic mass is 10.1. The van der Waals surface area contributed by atoms with Crippen LogP contribution in [0, 0.1) is 0 Å². The zero-order valence-electron chi connectivity index (χ0n) is 16.7. The summed E-state index contributed by atoms with van der Waals surface area (Å²) in [5, 5.41) is 2.77. The molecule has 0 saturated heterocycles. The predicted octanol–water partition coefficient (Wildman–Crippen LogP) is 3.97. The highest BCUT2D eigenvalue weighted by molar-refractivity contribution is 5.97. The zero-order chi connectivity index (χ0) is 20.4. The Morgan fingerprint density at radius 2 is 1.61 bits per heavy atom. The van der Waals surface area contributed by atoms with Crippen LogP contribution in [0.2, 0.25) is 0 Å². The van der Waals surface area contributed by atoms with Gasteiger partial charge in [0.15, 0.2) is 18.1 Å². The smallest absolute Gasteiger partial charge is 0.262 e. The largest absolute Gasteiger partial charge is 0.490 e. The van der Waals surface area contributed by atoms with E-state index >= 15 is 0 Å². The number of anilines is 1. The van der Waals surface area contributed by atoms with Crippen LogP contribution in [0.4, 0.5) is 5.69 Å². The molecular formula is C22H28N2O4. The molecule has 0 aliphatic heterocycles. The number of carbonyl (C=O) groups is 2. The molecule has 0 aromatic heterocycles. The number of nitrogens with one attached hydrogen (secondary N) is 1. The Bertz CT molecular complexity index is 788. The molecule has 0 unspecified atom stereocenters. The summed E-state index contributed by atoms with van der Waals surface area (Å²) >= 11 is 0. The molecule has 0 atom stereocenters. The second kappa shape index (κ2) is 11.0. The Kier molecular flexibility index (Phi) is 8.34. The summed E-state index contributed by atoms with van der Waals surface area (Å²) in [5.74, 6) is 0.776. The Morgan fingerprint density at radius 3 is 2.25 bits per heavy atom. The van der Waals surface area contributed by atoms with Crippen molar-refractivity contribution in [2.45, 2.75) is 27.2 Å². The third-order valence-electron chi connectivity index (χ3n) is 4.11. The van der Waals surface area contributed by atoms with Crippen molar-refractivity contribution in [2.75, 3.05) is 31.6 Å². The lowest BCUT2D eigenvalue weighted by Crippen LogP contribution is -2.30. The van der Waals surface area contributed by atoms with Crippen LogP contribution >= 0.6 is 0 Å². The molecule has 0 aliphatic carbocycles. The standard InChI is InChI=1S/C22H28N2O4/c1-4-14-27-19-12-7-8-13-20(19)28-16-21(25)23-18-11-9-10-17(15-18)22(26)24(5-2)6-3/h7-13,15H,4-6,14,16H2,1-3H3,(H,23,25). The van der Waals surface area contributed by atoms with Crippen molar-refractivity contribution in [3.05, 3.63) is 54.1 Å². The molecule has 28 heavy (non-hydrogen) atoms. The predicted molar refractivity (Wildman–Crippen MR) is 110 cm³/mol. The number of ether oxygens (including phenoxy) is 2. The summed E-state index contributed by atoms with van der Waals surface area (Å²) in [6.07, 6.45) is 0.886. The van der Waals surface area contributed by atoms with Gasteiger partial charge in [-0.2, -0.15) is 0 Å². The monoisotopic (exact) mass is 384 g/mol. The Hall–Kier alpha value is -3.02. The van der Waals surface area contributed by atoms with Crippen LogP contribution < -0.4 is 14.8 Å². The summed E-state index contributed by atoms with van der Waals surface area (Å²) in [7, 11) is 0. The maximum absolute atomic E-state index is 12.5. The van der Waals surface area contributed by atoms with E-state index in [2.05, 4.69) is 5.32 Å². The highest BCUT2D eigenvalue weighted by Gasteiger charge is 2.13. The second-order valence-corrected chi connectivity index (χ2v) is 6.19. The van der Waals surface area contributed by atoms with E-state index < -0.39 is 0 Å². The van der Waals surface area contributed by atoms with Gasteiger partial charge in [0, 0.05) is 24.3 Å². The van der Waals surface area contributed by atoms with Crippen LogP contribution in [-0.4, -0.2) is 43.0 Å². The van der Waals surface area contributed by atoms with Crippen molar-refractivity contribution < 1.29 is 19.1 Å². The first kappa shape index (κ1) is 21.3. The normalized spacial score (nSPS) is 10.2. The Morgan fingerprint density at radius 1 is 0.929 bits per heavy atom. The van der Waals surface area contributed by atoms with E-state index in [0.29, 0.717) is 42.4 Å². The molecule has 0 fully saturated rings.